The van der Waals surface area contributed by atoms with Crippen LogP contribution in [0.25, 0.3) is 0 Å². The number of carbonyl (C=O) groups is 1. The van der Waals surface area contributed by atoms with Crippen LogP contribution >= 0.6 is 0 Å². The Hall–Kier alpha value is -0.780. The SMILES string of the molecule is O=C(O)CCC1CC(OC(F)(F)F)C1. The molecule has 1 fully saturated rings. The summed E-state index contributed by atoms with van der Waals surface area (Å²) in [6.45, 7) is 0. The largest absolute Gasteiger partial charge is 0.522 e. The van der Waals surface area contributed by atoms with Gasteiger partial charge in [0.2, 0.25) is 0 Å². The number of hydrogen-bond donors (Lipinski definition) is 1. The van der Waals surface area contributed by atoms with E-state index in [1.54, 1.807) is 0 Å². The molecule has 1 aliphatic carbocycles. The lowest BCUT2D eigenvalue weighted by Crippen LogP contribution is -2.36. The van der Waals surface area contributed by atoms with Gasteiger partial charge in [-0.25, -0.2) is 0 Å². The molecule has 1 saturated carbocycles. The molecule has 0 bridgehead atoms. The molecule has 14 heavy (non-hydrogen) atoms. The van der Waals surface area contributed by atoms with Gasteiger partial charge in [-0.15, -0.1) is 13.2 Å². The third kappa shape index (κ3) is 3.95. The summed E-state index contributed by atoms with van der Waals surface area (Å²) in [5.41, 5.74) is 0. The highest BCUT2D eigenvalue weighted by Gasteiger charge is 2.39. The van der Waals surface area contributed by atoms with Crippen molar-refractivity contribution in [2.75, 3.05) is 0 Å². The summed E-state index contributed by atoms with van der Waals surface area (Å²) in [4.78, 5) is 10.1. The van der Waals surface area contributed by atoms with E-state index in [9.17, 15) is 18.0 Å². The van der Waals surface area contributed by atoms with E-state index in [1.807, 2.05) is 0 Å². The van der Waals surface area contributed by atoms with Crippen LogP contribution < -0.4 is 0 Å². The van der Waals surface area contributed by atoms with Crippen LogP contribution in [-0.2, 0) is 9.53 Å². The van der Waals surface area contributed by atoms with Gasteiger partial charge in [-0.3, -0.25) is 9.53 Å². The summed E-state index contributed by atoms with van der Waals surface area (Å²) in [6.07, 6.45) is -4.26. The standard InChI is InChI=1S/C8H11F3O3/c9-8(10,11)14-6-3-5(4-6)1-2-7(12)13/h5-6H,1-4H2,(H,12,13). The van der Waals surface area contributed by atoms with Gasteiger partial charge in [-0.2, -0.15) is 0 Å². The maximum absolute atomic E-state index is 11.7. The quantitative estimate of drug-likeness (QED) is 0.776. The van der Waals surface area contributed by atoms with Crippen LogP contribution in [0.15, 0.2) is 0 Å². The molecular formula is C8H11F3O3. The molecular weight excluding hydrogens is 201 g/mol. The number of aliphatic carboxylic acids is 1. The van der Waals surface area contributed by atoms with Crippen molar-refractivity contribution in [3.63, 3.8) is 0 Å². The first kappa shape index (κ1) is 11.3. The Labute approximate surface area is 78.9 Å². The molecule has 0 aromatic carbocycles. The lowest BCUT2D eigenvalue weighted by atomic mass is 9.79. The Morgan fingerprint density at radius 3 is 2.43 bits per heavy atom. The van der Waals surface area contributed by atoms with E-state index in [0.717, 1.165) is 0 Å². The lowest BCUT2D eigenvalue weighted by Gasteiger charge is -2.35. The van der Waals surface area contributed by atoms with Crippen LogP contribution in [0.1, 0.15) is 25.7 Å². The minimum Gasteiger partial charge on any atom is -0.481 e. The van der Waals surface area contributed by atoms with Crippen LogP contribution in [-0.4, -0.2) is 23.5 Å². The molecule has 3 nitrogen and oxygen atoms in total. The number of halogens is 3. The van der Waals surface area contributed by atoms with E-state index in [1.165, 1.54) is 0 Å². The first-order valence-corrected chi connectivity index (χ1v) is 4.33. The van der Waals surface area contributed by atoms with Gasteiger partial charge in [-0.05, 0) is 25.2 Å². The molecule has 1 aliphatic rings. The van der Waals surface area contributed by atoms with Crippen molar-refractivity contribution in [3.05, 3.63) is 0 Å². The predicted octanol–water partition coefficient (Wildman–Crippen LogP) is 2.17. The molecule has 0 saturated heterocycles. The van der Waals surface area contributed by atoms with E-state index in [2.05, 4.69) is 4.74 Å². The highest BCUT2D eigenvalue weighted by atomic mass is 19.4. The molecule has 1 rings (SSSR count). The van der Waals surface area contributed by atoms with Gasteiger partial charge in [0.25, 0.3) is 0 Å². The van der Waals surface area contributed by atoms with Crippen molar-refractivity contribution in [3.8, 4) is 0 Å². The van der Waals surface area contributed by atoms with Crippen LogP contribution in [0.5, 0.6) is 0 Å². The van der Waals surface area contributed by atoms with E-state index in [-0.39, 0.29) is 12.3 Å². The Balaban J connectivity index is 2.09. The molecule has 1 N–H and O–H groups in total. The zero-order valence-corrected chi connectivity index (χ0v) is 7.38. The Morgan fingerprint density at radius 2 is 2.00 bits per heavy atom. The third-order valence-corrected chi connectivity index (χ3v) is 2.26. The molecule has 0 spiro atoms. The van der Waals surface area contributed by atoms with Gasteiger partial charge in [0.15, 0.2) is 0 Å². The molecule has 6 heteroatoms. The fraction of sp³-hybridized carbons (Fsp3) is 0.875. The lowest BCUT2D eigenvalue weighted by molar-refractivity contribution is -0.354. The average Bonchev–Trinajstić information content (AvgIpc) is 1.90. The number of ether oxygens (including phenoxy) is 1. The molecule has 0 amide bonds. The maximum Gasteiger partial charge on any atom is 0.522 e. The van der Waals surface area contributed by atoms with Crippen molar-refractivity contribution >= 4 is 5.97 Å². The summed E-state index contributed by atoms with van der Waals surface area (Å²) >= 11 is 0. The zero-order valence-electron chi connectivity index (χ0n) is 7.38. The first-order chi connectivity index (χ1) is 6.37. The minimum atomic E-state index is -4.57. The summed E-state index contributed by atoms with van der Waals surface area (Å²) < 4.78 is 38.7. The molecule has 0 unspecified atom stereocenters. The Bertz CT molecular complexity index is 208. The molecule has 0 aliphatic heterocycles. The van der Waals surface area contributed by atoms with E-state index in [0.29, 0.717) is 19.3 Å². The van der Waals surface area contributed by atoms with Gasteiger partial charge in [-0.1, -0.05) is 0 Å². The van der Waals surface area contributed by atoms with Crippen LogP contribution in [0.3, 0.4) is 0 Å². The molecule has 0 atom stereocenters. The number of alkyl halides is 3. The normalized spacial score (nSPS) is 27.1. The van der Waals surface area contributed by atoms with Crippen molar-refractivity contribution in [2.24, 2.45) is 5.92 Å². The molecule has 0 aromatic rings. The van der Waals surface area contributed by atoms with Crippen LogP contribution in [0.2, 0.25) is 0 Å². The van der Waals surface area contributed by atoms with Crippen molar-refractivity contribution in [2.45, 2.75) is 38.1 Å². The van der Waals surface area contributed by atoms with E-state index >= 15 is 0 Å². The Morgan fingerprint density at radius 1 is 1.43 bits per heavy atom. The predicted molar refractivity (Wildman–Crippen MR) is 40.5 cm³/mol. The molecule has 0 radical (unpaired) electrons. The maximum atomic E-state index is 11.7. The van der Waals surface area contributed by atoms with Crippen LogP contribution in [0, 0.1) is 5.92 Å². The van der Waals surface area contributed by atoms with E-state index < -0.39 is 18.4 Å². The monoisotopic (exact) mass is 212 g/mol. The molecule has 0 aromatic heterocycles. The van der Waals surface area contributed by atoms with Gasteiger partial charge < -0.3 is 5.11 Å². The highest BCUT2D eigenvalue weighted by Crippen LogP contribution is 2.37. The minimum absolute atomic E-state index is 0.0173. The third-order valence-electron chi connectivity index (χ3n) is 2.26. The van der Waals surface area contributed by atoms with E-state index in [4.69, 9.17) is 5.11 Å². The Kier molecular flexibility index (Phi) is 3.36. The van der Waals surface area contributed by atoms with Gasteiger partial charge in [0.05, 0.1) is 6.10 Å². The van der Waals surface area contributed by atoms with Crippen molar-refractivity contribution in [1.82, 2.24) is 0 Å². The number of hydrogen-bond acceptors (Lipinski definition) is 2. The second-order valence-electron chi connectivity index (χ2n) is 3.46. The zero-order chi connectivity index (χ0) is 10.8. The first-order valence-electron chi connectivity index (χ1n) is 4.33. The van der Waals surface area contributed by atoms with Crippen molar-refractivity contribution < 1.29 is 27.8 Å². The van der Waals surface area contributed by atoms with Gasteiger partial charge >= 0.3 is 12.3 Å². The smallest absolute Gasteiger partial charge is 0.481 e. The average molecular weight is 212 g/mol. The number of carboxylic acid groups (broad SMARTS) is 1. The van der Waals surface area contributed by atoms with Gasteiger partial charge in [0, 0.05) is 6.42 Å². The van der Waals surface area contributed by atoms with Crippen molar-refractivity contribution in [1.29, 1.82) is 0 Å². The molecule has 82 valence electrons. The highest BCUT2D eigenvalue weighted by molar-refractivity contribution is 5.66. The number of rotatable bonds is 4. The second-order valence-corrected chi connectivity index (χ2v) is 3.46. The number of carboxylic acids is 1. The molecule has 0 heterocycles. The summed E-state index contributed by atoms with van der Waals surface area (Å²) in [5.74, 6) is -0.844. The van der Waals surface area contributed by atoms with Crippen LogP contribution in [0.4, 0.5) is 13.2 Å². The summed E-state index contributed by atoms with van der Waals surface area (Å²) in [5, 5.41) is 8.32. The summed E-state index contributed by atoms with van der Waals surface area (Å²) in [7, 11) is 0. The fourth-order valence-electron chi connectivity index (χ4n) is 1.52. The fourth-order valence-corrected chi connectivity index (χ4v) is 1.52. The second kappa shape index (κ2) is 4.16. The van der Waals surface area contributed by atoms with Gasteiger partial charge in [0.1, 0.15) is 0 Å². The topological polar surface area (TPSA) is 46.5 Å². The summed E-state index contributed by atoms with van der Waals surface area (Å²) in [6, 6.07) is 0.